The molecular weight excluding hydrogens is 244 g/mol. The number of nitrogens with one attached hydrogen (secondary N) is 2. The van der Waals surface area contributed by atoms with Crippen molar-refractivity contribution in [2.75, 3.05) is 65.0 Å². The van der Waals surface area contributed by atoms with Crippen LogP contribution in [0.4, 0.5) is 11.4 Å². The van der Waals surface area contributed by atoms with Crippen molar-refractivity contribution in [3.8, 4) is 0 Å². The van der Waals surface area contributed by atoms with Crippen molar-refractivity contribution in [3.05, 3.63) is 20.4 Å². The van der Waals surface area contributed by atoms with Crippen LogP contribution < -0.4 is 21.5 Å². The van der Waals surface area contributed by atoms with Crippen LogP contribution in [0.15, 0.2) is 9.59 Å². The SMILES string of the molecule is CN(C)CCCNc1c(NCCN(C)C)c(=O)c1=O. The quantitative estimate of drug-likeness (QED) is 0.470. The van der Waals surface area contributed by atoms with E-state index in [-0.39, 0.29) is 0 Å². The first kappa shape index (κ1) is 15.7. The van der Waals surface area contributed by atoms with Crippen LogP contribution in [0.3, 0.4) is 0 Å². The molecule has 6 nitrogen and oxygen atoms in total. The van der Waals surface area contributed by atoms with Crippen molar-refractivity contribution in [1.29, 1.82) is 0 Å². The van der Waals surface area contributed by atoms with Gasteiger partial charge in [0.1, 0.15) is 11.4 Å². The lowest BCUT2D eigenvalue weighted by atomic mass is 10.2. The van der Waals surface area contributed by atoms with E-state index in [1.165, 1.54) is 0 Å². The molecule has 0 aliphatic rings. The van der Waals surface area contributed by atoms with Crippen LogP contribution in [0, 0.1) is 0 Å². The Morgan fingerprint density at radius 2 is 1.26 bits per heavy atom. The molecule has 6 heteroatoms. The summed E-state index contributed by atoms with van der Waals surface area (Å²) in [6.45, 7) is 3.13. The van der Waals surface area contributed by atoms with Crippen LogP contribution in [0.1, 0.15) is 6.42 Å². The predicted octanol–water partition coefficient (Wildman–Crippen LogP) is -0.380. The number of hydrogen-bond acceptors (Lipinski definition) is 6. The first-order valence-electron chi connectivity index (χ1n) is 6.54. The number of rotatable bonds is 9. The Morgan fingerprint density at radius 3 is 1.74 bits per heavy atom. The fourth-order valence-electron chi connectivity index (χ4n) is 1.74. The Kier molecular flexibility index (Phi) is 5.98. The van der Waals surface area contributed by atoms with Gasteiger partial charge in [-0.1, -0.05) is 0 Å². The largest absolute Gasteiger partial charge is 0.380 e. The summed E-state index contributed by atoms with van der Waals surface area (Å²) in [4.78, 5) is 27.0. The van der Waals surface area contributed by atoms with Gasteiger partial charge in [0.05, 0.1) is 0 Å². The van der Waals surface area contributed by atoms with Gasteiger partial charge in [0.15, 0.2) is 0 Å². The molecule has 0 aliphatic heterocycles. The van der Waals surface area contributed by atoms with Crippen LogP contribution in [-0.2, 0) is 0 Å². The molecule has 0 radical (unpaired) electrons. The molecule has 0 amide bonds. The average molecular weight is 268 g/mol. The van der Waals surface area contributed by atoms with Crippen molar-refractivity contribution < 1.29 is 0 Å². The highest BCUT2D eigenvalue weighted by Gasteiger charge is 2.19. The first-order chi connectivity index (χ1) is 8.93. The Balaban J connectivity index is 2.43. The van der Waals surface area contributed by atoms with Gasteiger partial charge in [-0.2, -0.15) is 0 Å². The standard InChI is InChI=1S/C13H24N4O2/c1-16(2)8-5-6-14-10-11(13(19)12(10)18)15-7-9-17(3)4/h14-15H,5-9H2,1-4H3. The second kappa shape index (κ2) is 7.25. The lowest BCUT2D eigenvalue weighted by Crippen LogP contribution is -2.38. The van der Waals surface area contributed by atoms with Gasteiger partial charge in [0.2, 0.25) is 0 Å². The van der Waals surface area contributed by atoms with Gasteiger partial charge in [-0.15, -0.1) is 0 Å². The number of hydrogen-bond donors (Lipinski definition) is 2. The van der Waals surface area contributed by atoms with E-state index < -0.39 is 10.9 Å². The minimum Gasteiger partial charge on any atom is -0.380 e. The van der Waals surface area contributed by atoms with E-state index in [4.69, 9.17) is 0 Å². The van der Waals surface area contributed by atoms with Crippen molar-refractivity contribution in [3.63, 3.8) is 0 Å². The molecule has 1 aromatic carbocycles. The molecule has 0 bridgehead atoms. The summed E-state index contributed by atoms with van der Waals surface area (Å²) in [6.07, 6.45) is 0.933. The van der Waals surface area contributed by atoms with Gasteiger partial charge in [0.25, 0.3) is 10.9 Å². The topological polar surface area (TPSA) is 64.7 Å². The Labute approximate surface area is 114 Å². The van der Waals surface area contributed by atoms with Crippen molar-refractivity contribution in [2.24, 2.45) is 0 Å². The molecule has 108 valence electrons. The van der Waals surface area contributed by atoms with Gasteiger partial charge in [-0.3, -0.25) is 9.59 Å². The van der Waals surface area contributed by atoms with Crippen LogP contribution in [0.2, 0.25) is 0 Å². The van der Waals surface area contributed by atoms with Gasteiger partial charge < -0.3 is 20.4 Å². The second-order valence-corrected chi connectivity index (χ2v) is 5.22. The Hall–Kier alpha value is -1.40. The molecule has 0 saturated heterocycles. The van der Waals surface area contributed by atoms with E-state index >= 15 is 0 Å². The summed E-state index contributed by atoms with van der Waals surface area (Å²) < 4.78 is 0. The summed E-state index contributed by atoms with van der Waals surface area (Å²) in [7, 11) is 7.94. The normalized spacial score (nSPS) is 11.5. The summed E-state index contributed by atoms with van der Waals surface area (Å²) in [5, 5.41) is 6.07. The summed E-state index contributed by atoms with van der Waals surface area (Å²) in [6, 6.07) is 0. The first-order valence-corrected chi connectivity index (χ1v) is 6.54. The summed E-state index contributed by atoms with van der Waals surface area (Å²) in [5.41, 5.74) is 0.0743. The zero-order valence-corrected chi connectivity index (χ0v) is 12.2. The van der Waals surface area contributed by atoms with Gasteiger partial charge in [-0.25, -0.2) is 0 Å². The average Bonchev–Trinajstić information content (AvgIpc) is 2.34. The van der Waals surface area contributed by atoms with Crippen molar-refractivity contribution in [1.82, 2.24) is 9.80 Å². The van der Waals surface area contributed by atoms with Crippen LogP contribution in [0.25, 0.3) is 0 Å². The zero-order valence-electron chi connectivity index (χ0n) is 12.2. The fraction of sp³-hybridized carbons (Fsp3) is 0.692. The minimum atomic E-state index is -0.408. The van der Waals surface area contributed by atoms with Crippen LogP contribution >= 0.6 is 0 Å². The summed E-state index contributed by atoms with van der Waals surface area (Å²) in [5.74, 6) is 0. The van der Waals surface area contributed by atoms with Crippen molar-refractivity contribution in [2.45, 2.75) is 6.42 Å². The minimum absolute atomic E-state index is 0.405. The Bertz CT molecular complexity index is 461. The van der Waals surface area contributed by atoms with E-state index in [0.29, 0.717) is 24.5 Å². The molecule has 0 saturated carbocycles. The van der Waals surface area contributed by atoms with E-state index in [1.807, 2.05) is 33.1 Å². The molecule has 0 heterocycles. The van der Waals surface area contributed by atoms with Crippen LogP contribution in [-0.4, -0.2) is 64.2 Å². The highest BCUT2D eigenvalue weighted by atomic mass is 16.2. The maximum atomic E-state index is 11.5. The highest BCUT2D eigenvalue weighted by molar-refractivity contribution is 5.73. The Morgan fingerprint density at radius 1 is 0.789 bits per heavy atom. The predicted molar refractivity (Wildman–Crippen MR) is 80.1 cm³/mol. The molecule has 2 N–H and O–H groups in total. The van der Waals surface area contributed by atoms with Gasteiger partial charge in [0, 0.05) is 19.6 Å². The maximum Gasteiger partial charge on any atom is 0.253 e. The molecule has 1 aromatic rings. The molecule has 0 unspecified atom stereocenters. The molecule has 0 fully saturated rings. The van der Waals surface area contributed by atoms with E-state index in [9.17, 15) is 9.59 Å². The molecule has 0 atom stereocenters. The maximum absolute atomic E-state index is 11.5. The smallest absolute Gasteiger partial charge is 0.253 e. The number of likely N-dealkylation sites (N-methyl/N-ethyl adjacent to an activating group) is 1. The third-order valence-electron chi connectivity index (χ3n) is 2.86. The third-order valence-corrected chi connectivity index (χ3v) is 2.86. The lowest BCUT2D eigenvalue weighted by molar-refractivity contribution is 0.405. The van der Waals surface area contributed by atoms with Crippen LogP contribution in [0.5, 0.6) is 0 Å². The molecule has 0 aromatic heterocycles. The molecule has 0 aliphatic carbocycles. The monoisotopic (exact) mass is 268 g/mol. The molecule has 19 heavy (non-hydrogen) atoms. The zero-order chi connectivity index (χ0) is 14.4. The molecular formula is C13H24N4O2. The number of anilines is 2. The second-order valence-electron chi connectivity index (χ2n) is 5.22. The molecule has 1 rings (SSSR count). The summed E-state index contributed by atoms with van der Waals surface area (Å²) >= 11 is 0. The fourth-order valence-corrected chi connectivity index (χ4v) is 1.74. The van der Waals surface area contributed by atoms with E-state index in [0.717, 1.165) is 19.5 Å². The molecule has 0 spiro atoms. The van der Waals surface area contributed by atoms with E-state index in [1.54, 1.807) is 0 Å². The van der Waals surface area contributed by atoms with Gasteiger partial charge >= 0.3 is 0 Å². The van der Waals surface area contributed by atoms with Gasteiger partial charge in [-0.05, 0) is 41.2 Å². The highest BCUT2D eigenvalue weighted by Crippen LogP contribution is 2.13. The number of nitrogens with zero attached hydrogens (tertiary/aromatic N) is 2. The van der Waals surface area contributed by atoms with E-state index in [2.05, 4.69) is 15.5 Å². The third kappa shape index (κ3) is 4.65. The lowest BCUT2D eigenvalue weighted by Gasteiger charge is -2.17. The van der Waals surface area contributed by atoms with Crippen molar-refractivity contribution >= 4 is 11.4 Å².